The predicted molar refractivity (Wildman–Crippen MR) is 212 cm³/mol. The Bertz CT molecular complexity index is 1130. The van der Waals surface area contributed by atoms with E-state index in [1.807, 2.05) is 0 Å². The lowest BCUT2D eigenvalue weighted by molar-refractivity contribution is -0.0369. The highest BCUT2D eigenvalue weighted by atomic mass is 32.1. The van der Waals surface area contributed by atoms with Gasteiger partial charge in [-0.15, -0.1) is 0 Å². The molecule has 1 aliphatic rings. The van der Waals surface area contributed by atoms with Gasteiger partial charge < -0.3 is 29.5 Å². The molecule has 16 nitrogen and oxygen atoms in total. The zero-order valence-corrected chi connectivity index (χ0v) is 36.6. The first kappa shape index (κ1) is 51.0. The molecular weight excluding hydrogens is 809 g/mol. The second-order valence-electron chi connectivity index (χ2n) is 14.3. The number of phosphoric acid groups is 3. The zero-order chi connectivity index (χ0) is 41.1. The van der Waals surface area contributed by atoms with E-state index in [4.69, 9.17) is 42.5 Å². The number of aliphatic hydroxyl groups is 2. The van der Waals surface area contributed by atoms with Crippen molar-refractivity contribution >= 4 is 48.7 Å². The second-order valence-corrected chi connectivity index (χ2v) is 19.7. The van der Waals surface area contributed by atoms with Crippen LogP contribution in [-0.4, -0.2) is 111 Å². The number of hydrogen-bond acceptors (Lipinski definition) is 16. The normalized spacial score (nSPS) is 20.4. The fourth-order valence-electron chi connectivity index (χ4n) is 5.25. The van der Waals surface area contributed by atoms with Crippen molar-refractivity contribution in [1.82, 2.24) is 0 Å². The summed E-state index contributed by atoms with van der Waals surface area (Å²) < 4.78 is 93.9. The maximum absolute atomic E-state index is 13.1. The molecule has 1 fully saturated rings. The number of rotatable bonds is 38. The van der Waals surface area contributed by atoms with Gasteiger partial charge in [0.2, 0.25) is 0 Å². The molecule has 21 heteroatoms. The van der Waals surface area contributed by atoms with Gasteiger partial charge >= 0.3 is 23.5 Å². The lowest BCUT2D eigenvalue weighted by atomic mass is 9.94. The van der Waals surface area contributed by atoms with Gasteiger partial charge in [-0.2, -0.15) is 25.3 Å². The molecule has 0 aromatic heterocycles. The molecule has 0 spiro atoms. The van der Waals surface area contributed by atoms with E-state index >= 15 is 0 Å². The lowest BCUT2D eigenvalue weighted by Gasteiger charge is -2.31. The van der Waals surface area contributed by atoms with Crippen LogP contribution in [0.25, 0.3) is 0 Å². The second kappa shape index (κ2) is 30.0. The van der Waals surface area contributed by atoms with E-state index in [-0.39, 0.29) is 33.0 Å². The summed E-state index contributed by atoms with van der Waals surface area (Å²) in [6.45, 7) is -1.47. The summed E-state index contributed by atoms with van der Waals surface area (Å²) in [4.78, 5) is 21.0. The molecule has 6 atom stereocenters. The molecule has 324 valence electrons. The first-order valence-corrected chi connectivity index (χ1v) is 24.6. The Morgan fingerprint density at radius 2 is 1.13 bits per heavy atom. The van der Waals surface area contributed by atoms with Crippen molar-refractivity contribution in [3.63, 3.8) is 0 Å². The van der Waals surface area contributed by atoms with Gasteiger partial charge in [0, 0.05) is 24.0 Å². The van der Waals surface area contributed by atoms with Crippen LogP contribution in [0, 0.1) is 16.7 Å². The van der Waals surface area contributed by atoms with E-state index in [1.54, 1.807) is 6.92 Å². The Hall–Kier alpha value is 0.870. The molecule has 1 saturated carbocycles. The smallest absolute Gasteiger partial charge is 0.396 e. The number of aliphatic hydroxyl groups excluding tert-OH is 2. The van der Waals surface area contributed by atoms with Crippen LogP contribution in [0.15, 0.2) is 0 Å². The average Bonchev–Trinajstić information content (AvgIpc) is 3.67. The molecule has 0 aliphatic heterocycles. The molecule has 0 bridgehead atoms. The molecule has 54 heavy (non-hydrogen) atoms. The van der Waals surface area contributed by atoms with E-state index in [9.17, 15) is 33.7 Å². The SMILES string of the molecule is [3H]C(CO)OP(=O)(OCCCC1CCCC1)OCOP(=O)(O)OCC(C)(COCCCCCCS)COP(=O)(O)OCC(C)(CO)COCCCCCCS. The number of thiol groups is 2. The topological polar surface area (TPSA) is 215 Å². The van der Waals surface area contributed by atoms with Gasteiger partial charge in [-0.25, -0.2) is 13.7 Å². The van der Waals surface area contributed by atoms with Gasteiger partial charge in [-0.1, -0.05) is 65.2 Å². The van der Waals surface area contributed by atoms with Crippen LogP contribution in [0.5, 0.6) is 0 Å². The first-order chi connectivity index (χ1) is 26.0. The minimum Gasteiger partial charge on any atom is -0.396 e. The molecule has 4 N–H and O–H groups in total. The highest BCUT2D eigenvalue weighted by molar-refractivity contribution is 7.80. The first-order valence-electron chi connectivity index (χ1n) is 19.4. The number of phosphoric ester groups is 3. The van der Waals surface area contributed by atoms with E-state index < -0.39 is 67.5 Å². The third-order valence-corrected chi connectivity index (χ3v) is 12.3. The van der Waals surface area contributed by atoms with Gasteiger partial charge in [0.1, 0.15) is 0 Å². The molecule has 0 heterocycles. The quantitative estimate of drug-likeness (QED) is 0.0155. The molecule has 0 aromatic carbocycles. The summed E-state index contributed by atoms with van der Waals surface area (Å²) in [6, 6.07) is 0. The summed E-state index contributed by atoms with van der Waals surface area (Å²) in [6.07, 6.45) is 13.4. The summed E-state index contributed by atoms with van der Waals surface area (Å²) >= 11 is 8.41. The number of ether oxygens (including phenoxy) is 2. The van der Waals surface area contributed by atoms with Crippen LogP contribution in [0.4, 0.5) is 0 Å². The van der Waals surface area contributed by atoms with Gasteiger partial charge in [0.05, 0.1) is 60.8 Å². The van der Waals surface area contributed by atoms with Crippen molar-refractivity contribution < 1.29 is 76.2 Å². The van der Waals surface area contributed by atoms with E-state index in [2.05, 4.69) is 25.3 Å². The van der Waals surface area contributed by atoms with Gasteiger partial charge in [-0.3, -0.25) is 31.7 Å². The molecule has 1 rings (SSSR count). The van der Waals surface area contributed by atoms with Gasteiger partial charge in [0.15, 0.2) is 6.79 Å². The standard InChI is InChI=1S/C33H69O16P3S2/c1-32(24-35,25-41-18-9-3-5-11-22-53)27-45-50(36,37)46-28-33(2,26-42-19-10-4-6-12-23-54)29-47-51(38,39)48-30-49-52(40,44-21-17-34)43-20-13-16-31-14-7-8-15-31/h31,34-35,53-54H,3-30H2,1-2H3,(H,36,37)(H,38,39)/i21T. The Balaban J connectivity index is 2.78. The molecule has 0 radical (unpaired) electrons. The van der Waals surface area contributed by atoms with Crippen molar-refractivity contribution in [3.8, 4) is 0 Å². The van der Waals surface area contributed by atoms with Crippen LogP contribution in [0.3, 0.4) is 0 Å². The minimum atomic E-state index is -4.92. The van der Waals surface area contributed by atoms with Crippen molar-refractivity contribution in [3.05, 3.63) is 0 Å². The van der Waals surface area contributed by atoms with Gasteiger partial charge in [0.25, 0.3) is 0 Å². The molecular formula is C33H69O16P3S2. The Labute approximate surface area is 335 Å². The summed E-state index contributed by atoms with van der Waals surface area (Å²) in [5.74, 6) is 2.15. The molecule has 0 amide bonds. The van der Waals surface area contributed by atoms with Crippen LogP contribution in [0.2, 0.25) is 0 Å². The fourth-order valence-corrected chi connectivity index (χ4v) is 8.52. The lowest BCUT2D eigenvalue weighted by Crippen LogP contribution is -2.35. The number of unbranched alkanes of at least 4 members (excludes halogenated alkanes) is 6. The van der Waals surface area contributed by atoms with E-state index in [0.717, 1.165) is 82.1 Å². The van der Waals surface area contributed by atoms with Crippen molar-refractivity contribution in [2.45, 2.75) is 104 Å². The Morgan fingerprint density at radius 1 is 0.630 bits per heavy atom. The van der Waals surface area contributed by atoms with Crippen LogP contribution >= 0.6 is 48.7 Å². The third-order valence-electron chi connectivity index (χ3n) is 8.59. The Kier molecular flexibility index (Phi) is 28.3. The predicted octanol–water partition coefficient (Wildman–Crippen LogP) is 7.35. The maximum atomic E-state index is 13.1. The Morgan fingerprint density at radius 3 is 1.65 bits per heavy atom. The monoisotopic (exact) mass is 880 g/mol. The molecule has 1 aliphatic carbocycles. The largest absolute Gasteiger partial charge is 0.477 e. The highest BCUT2D eigenvalue weighted by Crippen LogP contribution is 2.52. The third kappa shape index (κ3) is 26.8. The van der Waals surface area contributed by atoms with Crippen molar-refractivity contribution in [2.24, 2.45) is 16.7 Å². The zero-order valence-electron chi connectivity index (χ0n) is 33.2. The van der Waals surface area contributed by atoms with Crippen LogP contribution in [-0.2, 0) is 54.8 Å². The van der Waals surface area contributed by atoms with Crippen LogP contribution in [0.1, 0.15) is 105 Å². The maximum Gasteiger partial charge on any atom is 0.477 e. The minimum absolute atomic E-state index is 0.0323. The van der Waals surface area contributed by atoms with Crippen LogP contribution < -0.4 is 0 Å². The highest BCUT2D eigenvalue weighted by Gasteiger charge is 2.37. The molecule has 6 unspecified atom stereocenters. The summed E-state index contributed by atoms with van der Waals surface area (Å²) in [7, 11) is -14.1. The van der Waals surface area contributed by atoms with Crippen molar-refractivity contribution in [1.29, 1.82) is 0 Å². The van der Waals surface area contributed by atoms with E-state index in [0.29, 0.717) is 25.6 Å². The fraction of sp³-hybridized carbons (Fsp3) is 1.00. The van der Waals surface area contributed by atoms with Gasteiger partial charge in [-0.05, 0) is 55.9 Å². The van der Waals surface area contributed by atoms with E-state index in [1.165, 1.54) is 19.8 Å². The average molecular weight is 881 g/mol. The summed E-state index contributed by atoms with van der Waals surface area (Å²) in [5, 5.41) is 19.2. The molecule has 0 saturated heterocycles. The molecule has 0 aromatic rings. The number of hydrogen-bond donors (Lipinski definition) is 6. The summed E-state index contributed by atoms with van der Waals surface area (Å²) in [5.41, 5.74) is -2.28. The van der Waals surface area contributed by atoms with Crippen molar-refractivity contribution in [2.75, 3.05) is 91.0 Å².